The van der Waals surface area contributed by atoms with Gasteiger partial charge in [-0.15, -0.1) is 0 Å². The normalized spacial score (nSPS) is 22.6. The maximum atomic E-state index is 12.5. The largest absolute Gasteiger partial charge is 0.372 e. The van der Waals surface area contributed by atoms with Crippen molar-refractivity contribution in [1.82, 2.24) is 14.9 Å². The number of anilines is 1. The van der Waals surface area contributed by atoms with E-state index in [1.807, 2.05) is 13.8 Å². The van der Waals surface area contributed by atoms with Gasteiger partial charge in [0, 0.05) is 19.6 Å². The number of carbonyl (C=O) groups excluding carboxylic acids is 1. The number of hydrogen-bond donors (Lipinski definition) is 1. The third-order valence-electron chi connectivity index (χ3n) is 3.12. The molecule has 0 spiro atoms. The molecule has 1 N–H and O–H groups in total. The van der Waals surface area contributed by atoms with Gasteiger partial charge in [0.2, 0.25) is 0 Å². The lowest BCUT2D eigenvalue weighted by Gasteiger charge is -2.35. The Kier molecular flexibility index (Phi) is 4.89. The van der Waals surface area contributed by atoms with Gasteiger partial charge in [-0.05, 0) is 20.3 Å². The summed E-state index contributed by atoms with van der Waals surface area (Å²) in [5.41, 5.74) is 0.382. The number of nitrogens with one attached hydrogen (secondary N) is 1. The van der Waals surface area contributed by atoms with E-state index in [0.717, 1.165) is 13.0 Å². The molecule has 2 atom stereocenters. The number of aromatic nitrogens is 2. The molecular weight excluding hydrogens is 256 g/mol. The summed E-state index contributed by atoms with van der Waals surface area (Å²) in [5.74, 6) is 0.562. The van der Waals surface area contributed by atoms with E-state index in [2.05, 4.69) is 22.2 Å². The molecule has 2 unspecified atom stereocenters. The monoisotopic (exact) mass is 278 g/mol. The Morgan fingerprint density at radius 2 is 2.10 bits per heavy atom. The van der Waals surface area contributed by atoms with E-state index in [0.29, 0.717) is 24.6 Å². The van der Waals surface area contributed by atoms with Crippen LogP contribution in [0.4, 0.5) is 5.82 Å². The zero-order valence-electron chi connectivity index (χ0n) is 12.3. The molecule has 2 heterocycles. The average molecular weight is 278 g/mol. The molecule has 1 aromatic rings. The summed E-state index contributed by atoms with van der Waals surface area (Å²) in [7, 11) is 0. The Hall–Kier alpha value is -1.69. The van der Waals surface area contributed by atoms with Gasteiger partial charge in [0.15, 0.2) is 0 Å². The van der Waals surface area contributed by atoms with Crippen LogP contribution in [0.2, 0.25) is 0 Å². The van der Waals surface area contributed by atoms with Crippen molar-refractivity contribution in [1.29, 1.82) is 0 Å². The summed E-state index contributed by atoms with van der Waals surface area (Å²) in [5, 5.41) is 3.14. The zero-order chi connectivity index (χ0) is 14.5. The van der Waals surface area contributed by atoms with Crippen molar-refractivity contribution < 1.29 is 9.53 Å². The van der Waals surface area contributed by atoms with E-state index in [1.165, 1.54) is 6.20 Å². The molecule has 2 rings (SSSR count). The molecule has 1 aliphatic rings. The Morgan fingerprint density at radius 1 is 1.40 bits per heavy atom. The molecule has 1 fully saturated rings. The van der Waals surface area contributed by atoms with Gasteiger partial charge in [0.1, 0.15) is 11.5 Å². The second-order valence-electron chi connectivity index (χ2n) is 5.18. The minimum atomic E-state index is -0.0837. The highest BCUT2D eigenvalue weighted by molar-refractivity contribution is 5.92. The Labute approximate surface area is 119 Å². The highest BCUT2D eigenvalue weighted by Gasteiger charge is 2.27. The molecule has 6 heteroatoms. The fourth-order valence-corrected chi connectivity index (χ4v) is 2.31. The number of ether oxygens (including phenoxy) is 1. The molecule has 0 saturated carbocycles. The van der Waals surface area contributed by atoms with Crippen molar-refractivity contribution in [2.24, 2.45) is 0 Å². The molecule has 1 aromatic heterocycles. The lowest BCUT2D eigenvalue weighted by Crippen LogP contribution is -2.48. The molecule has 0 aromatic carbocycles. The molecule has 0 bridgehead atoms. The molecule has 1 amide bonds. The van der Waals surface area contributed by atoms with Crippen LogP contribution in [0.5, 0.6) is 0 Å². The molecule has 1 aliphatic heterocycles. The van der Waals surface area contributed by atoms with Crippen LogP contribution in [0.15, 0.2) is 12.4 Å². The van der Waals surface area contributed by atoms with Gasteiger partial charge in [-0.25, -0.2) is 4.98 Å². The highest BCUT2D eigenvalue weighted by atomic mass is 16.5. The van der Waals surface area contributed by atoms with E-state index >= 15 is 0 Å². The van der Waals surface area contributed by atoms with Crippen molar-refractivity contribution in [2.45, 2.75) is 39.4 Å². The van der Waals surface area contributed by atoms with Crippen LogP contribution < -0.4 is 5.32 Å². The summed E-state index contributed by atoms with van der Waals surface area (Å²) in [6, 6.07) is 0. The minimum Gasteiger partial charge on any atom is -0.372 e. The predicted octanol–water partition coefficient (Wildman–Crippen LogP) is 1.55. The highest BCUT2D eigenvalue weighted by Crippen LogP contribution is 2.14. The van der Waals surface area contributed by atoms with Gasteiger partial charge in [-0.2, -0.15) is 0 Å². The van der Waals surface area contributed by atoms with Crippen LogP contribution in [0.3, 0.4) is 0 Å². The first-order valence-electron chi connectivity index (χ1n) is 7.10. The topological polar surface area (TPSA) is 67.4 Å². The second-order valence-corrected chi connectivity index (χ2v) is 5.18. The smallest absolute Gasteiger partial charge is 0.274 e. The number of amides is 1. The average Bonchev–Trinajstić information content (AvgIpc) is 2.43. The zero-order valence-corrected chi connectivity index (χ0v) is 12.3. The maximum absolute atomic E-state index is 12.5. The quantitative estimate of drug-likeness (QED) is 0.905. The van der Waals surface area contributed by atoms with Crippen LogP contribution in [-0.4, -0.2) is 52.6 Å². The Bertz CT molecular complexity index is 456. The van der Waals surface area contributed by atoms with Crippen molar-refractivity contribution in [2.75, 3.05) is 25.0 Å². The molecular formula is C14H22N4O2. The lowest BCUT2D eigenvalue weighted by molar-refractivity contribution is -0.0587. The number of carbonyl (C=O) groups is 1. The van der Waals surface area contributed by atoms with Crippen LogP contribution in [0, 0.1) is 0 Å². The fourth-order valence-electron chi connectivity index (χ4n) is 2.31. The molecule has 20 heavy (non-hydrogen) atoms. The van der Waals surface area contributed by atoms with E-state index in [4.69, 9.17) is 4.74 Å². The second kappa shape index (κ2) is 6.65. The maximum Gasteiger partial charge on any atom is 0.274 e. The summed E-state index contributed by atoms with van der Waals surface area (Å²) in [6.45, 7) is 8.03. The van der Waals surface area contributed by atoms with Crippen LogP contribution in [0.25, 0.3) is 0 Å². The first-order valence-corrected chi connectivity index (χ1v) is 7.10. The van der Waals surface area contributed by atoms with Gasteiger partial charge in [0.05, 0.1) is 24.6 Å². The molecule has 0 radical (unpaired) electrons. The Morgan fingerprint density at radius 3 is 2.75 bits per heavy atom. The Balaban J connectivity index is 2.08. The van der Waals surface area contributed by atoms with E-state index < -0.39 is 0 Å². The number of morpholine rings is 1. The first kappa shape index (κ1) is 14.7. The van der Waals surface area contributed by atoms with Crippen LogP contribution in [0.1, 0.15) is 37.7 Å². The van der Waals surface area contributed by atoms with E-state index in [9.17, 15) is 4.79 Å². The van der Waals surface area contributed by atoms with Gasteiger partial charge in [-0.1, -0.05) is 6.92 Å². The van der Waals surface area contributed by atoms with Gasteiger partial charge in [0.25, 0.3) is 5.91 Å². The molecule has 110 valence electrons. The minimum absolute atomic E-state index is 0.0528. The summed E-state index contributed by atoms with van der Waals surface area (Å²) in [6.07, 6.45) is 4.26. The van der Waals surface area contributed by atoms with Crippen LogP contribution >= 0.6 is 0 Å². The molecule has 1 saturated heterocycles. The lowest BCUT2D eigenvalue weighted by atomic mass is 10.2. The number of nitrogens with zero attached hydrogens (tertiary/aromatic N) is 3. The third kappa shape index (κ3) is 3.66. The van der Waals surface area contributed by atoms with Gasteiger partial charge >= 0.3 is 0 Å². The SMILES string of the molecule is CCCNc1cncc(C(=O)N2CC(C)OC(C)C2)n1. The number of rotatable bonds is 4. The third-order valence-corrected chi connectivity index (χ3v) is 3.12. The van der Waals surface area contributed by atoms with Gasteiger partial charge in [-0.3, -0.25) is 9.78 Å². The van der Waals surface area contributed by atoms with E-state index in [-0.39, 0.29) is 18.1 Å². The van der Waals surface area contributed by atoms with Crippen molar-refractivity contribution in [3.05, 3.63) is 18.1 Å². The summed E-state index contributed by atoms with van der Waals surface area (Å²) < 4.78 is 5.64. The van der Waals surface area contributed by atoms with Gasteiger partial charge < -0.3 is 15.0 Å². The van der Waals surface area contributed by atoms with Crippen molar-refractivity contribution >= 4 is 11.7 Å². The van der Waals surface area contributed by atoms with Crippen LogP contribution in [-0.2, 0) is 4.74 Å². The first-order chi connectivity index (χ1) is 9.60. The van der Waals surface area contributed by atoms with E-state index in [1.54, 1.807) is 11.1 Å². The summed E-state index contributed by atoms with van der Waals surface area (Å²) in [4.78, 5) is 22.7. The summed E-state index contributed by atoms with van der Waals surface area (Å²) >= 11 is 0. The standard InChI is InChI=1S/C14H22N4O2/c1-4-5-16-13-7-15-6-12(17-13)14(19)18-8-10(2)20-11(3)9-18/h6-7,10-11H,4-5,8-9H2,1-3H3,(H,16,17). The van der Waals surface area contributed by atoms with Crippen molar-refractivity contribution in [3.8, 4) is 0 Å². The number of hydrogen-bond acceptors (Lipinski definition) is 5. The predicted molar refractivity (Wildman–Crippen MR) is 76.7 cm³/mol. The fraction of sp³-hybridized carbons (Fsp3) is 0.643. The molecule has 6 nitrogen and oxygen atoms in total. The van der Waals surface area contributed by atoms with Crippen molar-refractivity contribution in [3.63, 3.8) is 0 Å². The molecule has 0 aliphatic carbocycles.